The van der Waals surface area contributed by atoms with Gasteiger partial charge in [0.25, 0.3) is 0 Å². The number of fused-ring (bicyclic) bond motifs is 1. The maximum absolute atomic E-state index is 12.8. The minimum Gasteiger partial charge on any atom is -0.480 e. The van der Waals surface area contributed by atoms with E-state index in [1.165, 1.54) is 4.90 Å². The smallest absolute Gasteiger partial charge is 0.327 e. The van der Waals surface area contributed by atoms with Gasteiger partial charge in [-0.15, -0.1) is 0 Å². The number of amides is 1. The molecule has 1 unspecified atom stereocenters. The third kappa shape index (κ3) is 2.57. The molecule has 0 bridgehead atoms. The Kier molecular flexibility index (Phi) is 4.08. The molecule has 0 radical (unpaired) electrons. The second-order valence-electron chi connectivity index (χ2n) is 5.73. The first-order valence-corrected chi connectivity index (χ1v) is 7.42. The quantitative estimate of drug-likeness (QED) is 0.825. The molecular weight excluding hydrogens is 286 g/mol. The standard InChI is InChI=1S/C15H19N3O4/c16-12(9-3-6-22-7-4-9)14(19)18-11(15(20)21)8-10-2-1-5-17-13(10)18/h1-2,5,9,11-12H,3-4,6-8,16H2,(H,20,21)/t11?,12-/m0/s1. The lowest BCUT2D eigenvalue weighted by atomic mass is 9.91. The molecule has 1 fully saturated rings. The molecule has 1 aromatic heterocycles. The summed E-state index contributed by atoms with van der Waals surface area (Å²) >= 11 is 0. The molecule has 1 saturated heterocycles. The first-order chi connectivity index (χ1) is 10.6. The van der Waals surface area contributed by atoms with E-state index in [1.807, 2.05) is 0 Å². The van der Waals surface area contributed by atoms with Gasteiger partial charge in [-0.05, 0) is 30.4 Å². The maximum atomic E-state index is 12.8. The minimum absolute atomic E-state index is 0.0171. The van der Waals surface area contributed by atoms with Crippen LogP contribution in [0.25, 0.3) is 0 Å². The van der Waals surface area contributed by atoms with Crippen molar-refractivity contribution in [3.8, 4) is 0 Å². The summed E-state index contributed by atoms with van der Waals surface area (Å²) < 4.78 is 5.28. The largest absolute Gasteiger partial charge is 0.480 e. The van der Waals surface area contributed by atoms with Crippen LogP contribution in [0.2, 0.25) is 0 Å². The number of hydrogen-bond acceptors (Lipinski definition) is 5. The first kappa shape index (κ1) is 14.9. The predicted octanol–water partition coefficient (Wildman–Crippen LogP) is 0.178. The van der Waals surface area contributed by atoms with Crippen molar-refractivity contribution in [2.24, 2.45) is 11.7 Å². The number of carbonyl (C=O) groups is 2. The molecule has 118 valence electrons. The Morgan fingerprint density at radius 2 is 2.14 bits per heavy atom. The lowest BCUT2D eigenvalue weighted by Crippen LogP contribution is -2.53. The summed E-state index contributed by atoms with van der Waals surface area (Å²) in [5, 5.41) is 9.41. The van der Waals surface area contributed by atoms with Crippen LogP contribution in [0, 0.1) is 5.92 Å². The van der Waals surface area contributed by atoms with E-state index in [9.17, 15) is 14.7 Å². The van der Waals surface area contributed by atoms with Gasteiger partial charge < -0.3 is 15.6 Å². The molecule has 3 rings (SSSR count). The van der Waals surface area contributed by atoms with Crippen LogP contribution in [0.4, 0.5) is 5.82 Å². The summed E-state index contributed by atoms with van der Waals surface area (Å²) in [4.78, 5) is 29.7. The van der Waals surface area contributed by atoms with Crippen LogP contribution in [-0.4, -0.2) is 47.3 Å². The Balaban J connectivity index is 1.86. The average Bonchev–Trinajstić information content (AvgIpc) is 2.94. The van der Waals surface area contributed by atoms with Crippen molar-refractivity contribution in [2.45, 2.75) is 31.3 Å². The fourth-order valence-corrected chi connectivity index (χ4v) is 3.15. The highest BCUT2D eigenvalue weighted by Crippen LogP contribution is 2.31. The van der Waals surface area contributed by atoms with E-state index in [-0.39, 0.29) is 18.2 Å². The molecule has 2 aliphatic heterocycles. The SMILES string of the molecule is N[C@H](C(=O)N1c2ncccc2CC1C(=O)O)C1CCOCC1. The highest BCUT2D eigenvalue weighted by Gasteiger charge is 2.42. The number of aromatic nitrogens is 1. The summed E-state index contributed by atoms with van der Waals surface area (Å²) in [6.45, 7) is 1.17. The van der Waals surface area contributed by atoms with Crippen molar-refractivity contribution < 1.29 is 19.4 Å². The molecular formula is C15H19N3O4. The lowest BCUT2D eigenvalue weighted by Gasteiger charge is -2.31. The topological polar surface area (TPSA) is 106 Å². The van der Waals surface area contributed by atoms with E-state index in [2.05, 4.69) is 4.98 Å². The zero-order valence-corrected chi connectivity index (χ0v) is 12.1. The lowest BCUT2D eigenvalue weighted by molar-refractivity contribution is -0.140. The fourth-order valence-electron chi connectivity index (χ4n) is 3.15. The van der Waals surface area contributed by atoms with E-state index in [1.54, 1.807) is 18.3 Å². The Bertz CT molecular complexity index is 586. The number of hydrogen-bond donors (Lipinski definition) is 2. The van der Waals surface area contributed by atoms with E-state index in [0.29, 0.717) is 31.9 Å². The van der Waals surface area contributed by atoms with Gasteiger partial charge >= 0.3 is 5.97 Å². The van der Waals surface area contributed by atoms with Crippen LogP contribution in [0.3, 0.4) is 0 Å². The molecule has 0 aromatic carbocycles. The van der Waals surface area contributed by atoms with Crippen LogP contribution < -0.4 is 10.6 Å². The van der Waals surface area contributed by atoms with E-state index >= 15 is 0 Å². The van der Waals surface area contributed by atoms with Gasteiger partial charge in [-0.25, -0.2) is 9.78 Å². The molecule has 1 amide bonds. The van der Waals surface area contributed by atoms with Gasteiger partial charge in [-0.3, -0.25) is 9.69 Å². The maximum Gasteiger partial charge on any atom is 0.327 e. The second kappa shape index (κ2) is 6.02. The number of nitrogens with zero attached hydrogens (tertiary/aromatic N) is 2. The van der Waals surface area contributed by atoms with Crippen LogP contribution in [-0.2, 0) is 20.7 Å². The molecule has 1 aromatic rings. The summed E-state index contributed by atoms with van der Waals surface area (Å²) in [5.41, 5.74) is 6.89. The number of carboxylic acid groups (broad SMARTS) is 1. The number of carbonyl (C=O) groups excluding carboxylic acids is 1. The molecule has 2 aliphatic rings. The van der Waals surface area contributed by atoms with Crippen LogP contribution in [0.5, 0.6) is 0 Å². The Labute approximate surface area is 128 Å². The Morgan fingerprint density at radius 1 is 1.41 bits per heavy atom. The van der Waals surface area contributed by atoms with Crippen molar-refractivity contribution in [1.82, 2.24) is 4.98 Å². The summed E-state index contributed by atoms with van der Waals surface area (Å²) in [5.74, 6) is -0.965. The van der Waals surface area contributed by atoms with Gasteiger partial charge in [0.1, 0.15) is 11.9 Å². The molecule has 3 N–H and O–H groups in total. The zero-order chi connectivity index (χ0) is 15.7. The average molecular weight is 305 g/mol. The van der Waals surface area contributed by atoms with Gasteiger partial charge in [0.15, 0.2) is 0 Å². The summed E-state index contributed by atoms with van der Waals surface area (Å²) in [6.07, 6.45) is 3.26. The molecule has 7 heteroatoms. The molecule has 0 spiro atoms. The monoisotopic (exact) mass is 305 g/mol. The van der Waals surface area contributed by atoms with Gasteiger partial charge in [0.05, 0.1) is 6.04 Å². The van der Waals surface area contributed by atoms with Crippen molar-refractivity contribution in [3.05, 3.63) is 23.9 Å². The number of anilines is 1. The van der Waals surface area contributed by atoms with Crippen LogP contribution in [0.1, 0.15) is 18.4 Å². The van der Waals surface area contributed by atoms with Crippen molar-refractivity contribution >= 4 is 17.7 Å². The Morgan fingerprint density at radius 3 is 2.82 bits per heavy atom. The number of carboxylic acids is 1. The number of rotatable bonds is 3. The van der Waals surface area contributed by atoms with E-state index in [0.717, 1.165) is 5.56 Å². The van der Waals surface area contributed by atoms with Gasteiger partial charge in [0, 0.05) is 25.8 Å². The number of aliphatic carboxylic acids is 1. The van der Waals surface area contributed by atoms with E-state index in [4.69, 9.17) is 10.5 Å². The summed E-state index contributed by atoms with van der Waals surface area (Å²) in [7, 11) is 0. The summed E-state index contributed by atoms with van der Waals surface area (Å²) in [6, 6.07) is 1.89. The van der Waals surface area contributed by atoms with Crippen molar-refractivity contribution in [1.29, 1.82) is 0 Å². The van der Waals surface area contributed by atoms with Gasteiger partial charge in [-0.1, -0.05) is 6.07 Å². The zero-order valence-electron chi connectivity index (χ0n) is 12.1. The molecule has 0 aliphatic carbocycles. The van der Waals surface area contributed by atoms with Crippen molar-refractivity contribution in [3.63, 3.8) is 0 Å². The first-order valence-electron chi connectivity index (χ1n) is 7.42. The normalized spacial score (nSPS) is 23.1. The molecule has 2 atom stereocenters. The fraction of sp³-hybridized carbons (Fsp3) is 0.533. The molecule has 22 heavy (non-hydrogen) atoms. The molecule has 7 nitrogen and oxygen atoms in total. The van der Waals surface area contributed by atoms with Crippen LogP contribution >= 0.6 is 0 Å². The third-order valence-electron chi connectivity index (χ3n) is 4.40. The predicted molar refractivity (Wildman–Crippen MR) is 78.4 cm³/mol. The van der Waals surface area contributed by atoms with E-state index < -0.39 is 18.1 Å². The van der Waals surface area contributed by atoms with Gasteiger partial charge in [-0.2, -0.15) is 0 Å². The third-order valence-corrected chi connectivity index (χ3v) is 4.40. The molecule has 0 saturated carbocycles. The van der Waals surface area contributed by atoms with Gasteiger partial charge in [0.2, 0.25) is 5.91 Å². The highest BCUT2D eigenvalue weighted by molar-refractivity contribution is 6.03. The number of ether oxygens (including phenoxy) is 1. The second-order valence-corrected chi connectivity index (χ2v) is 5.73. The minimum atomic E-state index is -1.04. The number of nitrogens with two attached hydrogens (primary N) is 1. The van der Waals surface area contributed by atoms with Crippen LogP contribution in [0.15, 0.2) is 18.3 Å². The number of pyridine rings is 1. The molecule has 3 heterocycles. The van der Waals surface area contributed by atoms with Crippen molar-refractivity contribution in [2.75, 3.05) is 18.1 Å². The Hall–Kier alpha value is -1.99. The highest BCUT2D eigenvalue weighted by atomic mass is 16.5.